The average molecular weight is 311 g/mol. The maximum absolute atomic E-state index is 6.02. The minimum atomic E-state index is -0.317. The van der Waals surface area contributed by atoms with Gasteiger partial charge in [-0.05, 0) is 36.5 Å². The lowest BCUT2D eigenvalue weighted by molar-refractivity contribution is 0.0837. The van der Waals surface area contributed by atoms with Crippen LogP contribution in [-0.2, 0) is 0 Å². The van der Waals surface area contributed by atoms with Crippen LogP contribution in [-0.4, -0.2) is 21.4 Å². The van der Waals surface area contributed by atoms with Crippen LogP contribution in [0.2, 0.25) is 0 Å². The predicted octanol–water partition coefficient (Wildman–Crippen LogP) is 3.44. The summed E-state index contributed by atoms with van der Waals surface area (Å²) in [6.45, 7) is 0.392. The molecule has 110 valence electrons. The van der Waals surface area contributed by atoms with Crippen LogP contribution in [0.4, 0.5) is 0 Å². The molecule has 0 fully saturated rings. The topological polar surface area (TPSA) is 52.1 Å². The molecule has 4 rings (SSSR count). The van der Waals surface area contributed by atoms with Crippen molar-refractivity contribution in [2.24, 2.45) is 0 Å². The third kappa shape index (κ3) is 2.17. The van der Waals surface area contributed by atoms with Crippen LogP contribution >= 0.6 is 12.2 Å². The van der Waals surface area contributed by atoms with Crippen LogP contribution in [0.15, 0.2) is 54.6 Å². The SMILES string of the molecule is S=c1[nH]nc([C@H]2COc3ccccc3O2)n1-c1ccccc1. The molecule has 1 atom stereocenters. The maximum atomic E-state index is 6.02. The van der Waals surface area contributed by atoms with E-state index in [1.165, 1.54) is 0 Å². The molecule has 0 radical (unpaired) electrons. The van der Waals surface area contributed by atoms with Crippen molar-refractivity contribution in [1.29, 1.82) is 0 Å². The summed E-state index contributed by atoms with van der Waals surface area (Å²) in [6, 6.07) is 17.4. The van der Waals surface area contributed by atoms with Crippen LogP contribution < -0.4 is 9.47 Å². The predicted molar refractivity (Wildman–Crippen MR) is 84.1 cm³/mol. The number of hydrogen-bond acceptors (Lipinski definition) is 4. The highest BCUT2D eigenvalue weighted by Gasteiger charge is 2.27. The molecule has 0 aliphatic carbocycles. The largest absolute Gasteiger partial charge is 0.485 e. The van der Waals surface area contributed by atoms with Gasteiger partial charge in [0.2, 0.25) is 0 Å². The Morgan fingerprint density at radius 1 is 1.05 bits per heavy atom. The van der Waals surface area contributed by atoms with E-state index in [1.807, 2.05) is 59.2 Å². The summed E-state index contributed by atoms with van der Waals surface area (Å²) in [5, 5.41) is 7.17. The molecule has 0 saturated carbocycles. The van der Waals surface area contributed by atoms with Gasteiger partial charge in [-0.3, -0.25) is 9.67 Å². The van der Waals surface area contributed by atoms with E-state index in [0.717, 1.165) is 11.4 Å². The Morgan fingerprint density at radius 3 is 2.59 bits per heavy atom. The first kappa shape index (κ1) is 13.1. The summed E-state index contributed by atoms with van der Waals surface area (Å²) in [5.74, 6) is 2.16. The van der Waals surface area contributed by atoms with Gasteiger partial charge in [0.25, 0.3) is 0 Å². The summed E-state index contributed by atoms with van der Waals surface area (Å²) in [5.41, 5.74) is 0.943. The van der Waals surface area contributed by atoms with Crippen molar-refractivity contribution in [3.63, 3.8) is 0 Å². The number of benzene rings is 2. The van der Waals surface area contributed by atoms with E-state index in [4.69, 9.17) is 21.7 Å². The van der Waals surface area contributed by atoms with Gasteiger partial charge >= 0.3 is 0 Å². The summed E-state index contributed by atoms with van der Waals surface area (Å²) in [6.07, 6.45) is -0.317. The molecule has 3 aromatic rings. The molecule has 0 saturated heterocycles. The number of para-hydroxylation sites is 3. The molecule has 0 amide bonds. The monoisotopic (exact) mass is 311 g/mol. The Bertz CT molecular complexity index is 857. The van der Waals surface area contributed by atoms with Crippen molar-refractivity contribution < 1.29 is 9.47 Å². The van der Waals surface area contributed by atoms with Crippen LogP contribution in [0.1, 0.15) is 11.9 Å². The molecule has 6 heteroatoms. The van der Waals surface area contributed by atoms with Crippen molar-refractivity contribution in [3.8, 4) is 17.2 Å². The highest BCUT2D eigenvalue weighted by Crippen LogP contribution is 2.35. The van der Waals surface area contributed by atoms with Crippen molar-refractivity contribution >= 4 is 12.2 Å². The fourth-order valence-electron chi connectivity index (χ4n) is 2.50. The number of H-pyrrole nitrogens is 1. The minimum absolute atomic E-state index is 0.317. The van der Waals surface area contributed by atoms with Crippen LogP contribution in [0.5, 0.6) is 11.5 Å². The van der Waals surface area contributed by atoms with Crippen LogP contribution in [0.3, 0.4) is 0 Å². The van der Waals surface area contributed by atoms with Gasteiger partial charge in [0.15, 0.2) is 28.2 Å². The fraction of sp³-hybridized carbons (Fsp3) is 0.125. The summed E-state index contributed by atoms with van der Waals surface area (Å²) >= 11 is 5.35. The van der Waals surface area contributed by atoms with Gasteiger partial charge in [0, 0.05) is 5.69 Å². The molecular formula is C16H13N3O2S. The van der Waals surface area contributed by atoms with E-state index >= 15 is 0 Å². The van der Waals surface area contributed by atoms with Gasteiger partial charge in [-0.25, -0.2) is 0 Å². The second-order valence-electron chi connectivity index (χ2n) is 4.92. The second kappa shape index (κ2) is 5.31. The molecule has 1 aliphatic heterocycles. The summed E-state index contributed by atoms with van der Waals surface area (Å²) in [4.78, 5) is 0. The molecule has 0 unspecified atom stereocenters. The van der Waals surface area contributed by atoms with E-state index in [1.54, 1.807) is 0 Å². The first-order valence-electron chi connectivity index (χ1n) is 6.94. The highest BCUT2D eigenvalue weighted by molar-refractivity contribution is 7.71. The van der Waals surface area contributed by atoms with E-state index in [0.29, 0.717) is 23.0 Å². The minimum Gasteiger partial charge on any atom is -0.485 e. The van der Waals surface area contributed by atoms with Gasteiger partial charge in [-0.15, -0.1) is 0 Å². The number of ether oxygens (including phenoxy) is 2. The molecule has 0 spiro atoms. The zero-order chi connectivity index (χ0) is 14.9. The first-order chi connectivity index (χ1) is 10.8. The lowest BCUT2D eigenvalue weighted by Crippen LogP contribution is -2.24. The van der Waals surface area contributed by atoms with E-state index in [-0.39, 0.29) is 6.10 Å². The number of nitrogens with one attached hydrogen (secondary N) is 1. The van der Waals surface area contributed by atoms with Crippen LogP contribution in [0, 0.1) is 4.77 Å². The molecule has 5 nitrogen and oxygen atoms in total. The lowest BCUT2D eigenvalue weighted by atomic mass is 10.2. The van der Waals surface area contributed by atoms with E-state index in [2.05, 4.69) is 10.2 Å². The quantitative estimate of drug-likeness (QED) is 0.737. The highest BCUT2D eigenvalue weighted by atomic mass is 32.1. The number of hydrogen-bond donors (Lipinski definition) is 1. The maximum Gasteiger partial charge on any atom is 0.199 e. The zero-order valence-corrected chi connectivity index (χ0v) is 12.4. The van der Waals surface area contributed by atoms with Gasteiger partial charge in [-0.2, -0.15) is 5.10 Å². The van der Waals surface area contributed by atoms with Gasteiger partial charge < -0.3 is 9.47 Å². The molecule has 2 heterocycles. The number of aromatic nitrogens is 3. The molecule has 1 aromatic heterocycles. The number of fused-ring (bicyclic) bond motifs is 1. The Hall–Kier alpha value is -2.60. The van der Waals surface area contributed by atoms with Crippen LogP contribution in [0.25, 0.3) is 5.69 Å². The van der Waals surface area contributed by atoms with Gasteiger partial charge in [-0.1, -0.05) is 30.3 Å². The summed E-state index contributed by atoms with van der Waals surface area (Å²) < 4.78 is 14.2. The molecular weight excluding hydrogens is 298 g/mol. The first-order valence-corrected chi connectivity index (χ1v) is 7.35. The Balaban J connectivity index is 1.75. The molecule has 22 heavy (non-hydrogen) atoms. The zero-order valence-electron chi connectivity index (χ0n) is 11.6. The third-order valence-corrected chi connectivity index (χ3v) is 3.78. The molecule has 0 bridgehead atoms. The average Bonchev–Trinajstić information content (AvgIpc) is 2.97. The Morgan fingerprint density at radius 2 is 1.77 bits per heavy atom. The molecule has 2 aromatic carbocycles. The van der Waals surface area contributed by atoms with Crippen molar-refractivity contribution in [3.05, 3.63) is 65.2 Å². The lowest BCUT2D eigenvalue weighted by Gasteiger charge is -2.26. The number of aromatic amines is 1. The summed E-state index contributed by atoms with van der Waals surface area (Å²) in [7, 11) is 0. The van der Waals surface area contributed by atoms with Crippen molar-refractivity contribution in [2.75, 3.05) is 6.61 Å². The Labute approximate surface area is 132 Å². The van der Waals surface area contributed by atoms with E-state index < -0.39 is 0 Å². The molecule has 1 aliphatic rings. The number of rotatable bonds is 2. The van der Waals surface area contributed by atoms with Gasteiger partial charge in [0.05, 0.1) is 0 Å². The van der Waals surface area contributed by atoms with E-state index in [9.17, 15) is 0 Å². The van der Waals surface area contributed by atoms with Gasteiger partial charge in [0.1, 0.15) is 6.61 Å². The smallest absolute Gasteiger partial charge is 0.199 e. The normalized spacial score (nSPS) is 16.5. The second-order valence-corrected chi connectivity index (χ2v) is 5.31. The third-order valence-electron chi connectivity index (χ3n) is 3.51. The van der Waals surface area contributed by atoms with Crippen molar-refractivity contribution in [1.82, 2.24) is 14.8 Å². The number of nitrogens with zero attached hydrogens (tertiary/aromatic N) is 2. The Kier molecular flexibility index (Phi) is 3.16. The standard InChI is InChI=1S/C16H13N3O2S/c22-16-18-17-15(19(16)11-6-2-1-3-7-11)14-10-20-12-8-4-5-9-13(12)21-14/h1-9,14H,10H2,(H,18,22)/t14-/m1/s1. The fourth-order valence-corrected chi connectivity index (χ4v) is 2.74. The van der Waals surface area contributed by atoms with Crippen molar-refractivity contribution in [2.45, 2.75) is 6.10 Å². The molecule has 1 N–H and O–H groups in total.